The third-order valence-corrected chi connectivity index (χ3v) is 6.20. The molecule has 0 radical (unpaired) electrons. The number of carbonyl (C=O) groups is 2. The summed E-state index contributed by atoms with van der Waals surface area (Å²) in [5, 5.41) is 11.7. The lowest BCUT2D eigenvalue weighted by molar-refractivity contribution is -0.132. The van der Waals surface area contributed by atoms with E-state index in [9.17, 15) is 18.0 Å². The fourth-order valence-electron chi connectivity index (χ4n) is 2.93. The number of ether oxygens (including phenoxy) is 1. The summed E-state index contributed by atoms with van der Waals surface area (Å²) in [6.07, 6.45) is 0.776. The Bertz CT molecular complexity index is 768. The van der Waals surface area contributed by atoms with Gasteiger partial charge in [0.25, 0.3) is 5.91 Å². The smallest absolute Gasteiger partial charge is 0.261 e. The van der Waals surface area contributed by atoms with Gasteiger partial charge in [-0.15, -0.1) is 0 Å². The van der Waals surface area contributed by atoms with Gasteiger partial charge < -0.3 is 15.8 Å². The first-order chi connectivity index (χ1) is 12.8. The number of nitrogens with one attached hydrogen (secondary N) is 2. The molecule has 0 saturated carbocycles. The molecular weight excluding hydrogens is 376 g/mol. The van der Waals surface area contributed by atoms with E-state index in [0.29, 0.717) is 18.7 Å². The highest BCUT2D eigenvalue weighted by molar-refractivity contribution is 7.89. The highest BCUT2D eigenvalue weighted by atomic mass is 32.2. The standard InChI is InChI=1S/C16H24N4O6S/c1-26-12-4-6-13(7-5-12)27(24,25)20-10-11(9-14(20)16(22)19-23)18-15(21)3-2-8-17/h4-7,11,14,23H,2-3,8-10,17H2,1H3,(H,18,21)(H,19,22)/t11-,14-/m1/s1. The van der Waals surface area contributed by atoms with Crippen molar-refractivity contribution in [3.63, 3.8) is 0 Å². The predicted molar refractivity (Wildman–Crippen MR) is 95.4 cm³/mol. The predicted octanol–water partition coefficient (Wildman–Crippen LogP) is -0.813. The van der Waals surface area contributed by atoms with Crippen LogP contribution in [0.1, 0.15) is 19.3 Å². The van der Waals surface area contributed by atoms with Crippen LogP contribution in [-0.4, -0.2) is 62.0 Å². The monoisotopic (exact) mass is 400 g/mol. The highest BCUT2D eigenvalue weighted by Gasteiger charge is 2.44. The number of hydroxylamine groups is 1. The molecular formula is C16H24N4O6S. The fraction of sp³-hybridized carbons (Fsp3) is 0.500. The van der Waals surface area contributed by atoms with Gasteiger partial charge in [0.15, 0.2) is 0 Å². The molecule has 5 N–H and O–H groups in total. The molecule has 2 rings (SSSR count). The van der Waals surface area contributed by atoms with Gasteiger partial charge in [-0.25, -0.2) is 13.9 Å². The lowest BCUT2D eigenvalue weighted by Crippen LogP contribution is -2.45. The molecule has 1 aromatic rings. The highest BCUT2D eigenvalue weighted by Crippen LogP contribution is 2.27. The van der Waals surface area contributed by atoms with Crippen molar-refractivity contribution in [2.45, 2.75) is 36.2 Å². The van der Waals surface area contributed by atoms with E-state index < -0.39 is 28.0 Å². The summed E-state index contributed by atoms with van der Waals surface area (Å²) in [7, 11) is -2.56. The minimum atomic E-state index is -4.02. The molecule has 0 unspecified atom stereocenters. The molecule has 1 heterocycles. The Balaban J connectivity index is 2.22. The Morgan fingerprint density at radius 3 is 2.56 bits per heavy atom. The van der Waals surface area contributed by atoms with E-state index >= 15 is 0 Å². The van der Waals surface area contributed by atoms with Gasteiger partial charge in [-0.05, 0) is 43.7 Å². The average molecular weight is 400 g/mol. The number of hydrogen-bond donors (Lipinski definition) is 4. The van der Waals surface area contributed by atoms with Gasteiger partial charge in [-0.3, -0.25) is 14.8 Å². The number of sulfonamides is 1. The Labute approximate surface area is 157 Å². The van der Waals surface area contributed by atoms with Crippen molar-refractivity contribution >= 4 is 21.8 Å². The molecule has 2 amide bonds. The first-order valence-corrected chi connectivity index (χ1v) is 9.86. The van der Waals surface area contributed by atoms with Gasteiger partial charge in [-0.1, -0.05) is 0 Å². The number of benzene rings is 1. The van der Waals surface area contributed by atoms with Gasteiger partial charge in [0.05, 0.1) is 12.0 Å². The number of nitrogens with zero attached hydrogens (tertiary/aromatic N) is 1. The zero-order valence-electron chi connectivity index (χ0n) is 14.9. The van der Waals surface area contributed by atoms with E-state index in [-0.39, 0.29) is 30.2 Å². The third-order valence-electron chi connectivity index (χ3n) is 4.31. The van der Waals surface area contributed by atoms with E-state index in [4.69, 9.17) is 15.7 Å². The number of nitrogens with two attached hydrogens (primary N) is 1. The number of rotatable bonds is 8. The summed E-state index contributed by atoms with van der Waals surface area (Å²) in [4.78, 5) is 23.9. The molecule has 150 valence electrons. The molecule has 1 saturated heterocycles. The average Bonchev–Trinajstić information content (AvgIpc) is 3.10. The molecule has 11 heteroatoms. The van der Waals surface area contributed by atoms with Crippen LogP contribution in [0, 0.1) is 0 Å². The van der Waals surface area contributed by atoms with Crippen molar-refractivity contribution in [1.29, 1.82) is 0 Å². The van der Waals surface area contributed by atoms with E-state index in [1.807, 2.05) is 0 Å². The van der Waals surface area contributed by atoms with E-state index in [2.05, 4.69) is 5.32 Å². The molecule has 0 aliphatic carbocycles. The summed E-state index contributed by atoms with van der Waals surface area (Å²) in [6, 6.07) is 4.05. The maximum Gasteiger partial charge on any atom is 0.261 e. The third kappa shape index (κ3) is 4.95. The first-order valence-electron chi connectivity index (χ1n) is 8.42. The Kier molecular flexibility index (Phi) is 7.13. The number of hydrogen-bond acceptors (Lipinski definition) is 7. The normalized spacial score (nSPS) is 20.3. The van der Waals surface area contributed by atoms with Crippen LogP contribution < -0.4 is 21.3 Å². The quantitative estimate of drug-likeness (QED) is 0.329. The topological polar surface area (TPSA) is 151 Å². The molecule has 2 atom stereocenters. The van der Waals surface area contributed by atoms with Crippen LogP contribution >= 0.6 is 0 Å². The number of methoxy groups -OCH3 is 1. The summed E-state index contributed by atoms with van der Waals surface area (Å²) in [6.45, 7) is 0.284. The van der Waals surface area contributed by atoms with Gasteiger partial charge in [0.1, 0.15) is 11.8 Å². The van der Waals surface area contributed by atoms with Gasteiger partial charge in [-0.2, -0.15) is 4.31 Å². The van der Waals surface area contributed by atoms with Crippen molar-refractivity contribution < 1.29 is 28.0 Å². The lowest BCUT2D eigenvalue weighted by atomic mass is 10.1. The van der Waals surface area contributed by atoms with Gasteiger partial charge in [0.2, 0.25) is 15.9 Å². The Morgan fingerprint density at radius 2 is 2.00 bits per heavy atom. The molecule has 0 spiro atoms. The fourth-order valence-corrected chi connectivity index (χ4v) is 4.58. The van der Waals surface area contributed by atoms with Crippen LogP contribution in [0.5, 0.6) is 5.75 Å². The summed E-state index contributed by atoms with van der Waals surface area (Å²) in [5.74, 6) is -0.631. The molecule has 27 heavy (non-hydrogen) atoms. The maximum absolute atomic E-state index is 13.0. The number of amides is 2. The molecule has 1 aliphatic heterocycles. The van der Waals surface area contributed by atoms with Crippen molar-refractivity contribution in [2.24, 2.45) is 5.73 Å². The molecule has 0 bridgehead atoms. The lowest BCUT2D eigenvalue weighted by Gasteiger charge is -2.22. The van der Waals surface area contributed by atoms with Crippen LogP contribution in [0.15, 0.2) is 29.2 Å². The van der Waals surface area contributed by atoms with Crippen LogP contribution in [0.2, 0.25) is 0 Å². The molecule has 0 aromatic heterocycles. The largest absolute Gasteiger partial charge is 0.497 e. The van der Waals surface area contributed by atoms with Crippen molar-refractivity contribution in [3.8, 4) is 5.75 Å². The Morgan fingerprint density at radius 1 is 1.33 bits per heavy atom. The SMILES string of the molecule is COc1ccc(S(=O)(=O)N2C[C@H](NC(=O)CCCN)C[C@@H]2C(=O)NO)cc1. The second-order valence-electron chi connectivity index (χ2n) is 6.13. The number of carbonyl (C=O) groups excluding carboxylic acids is 2. The first kappa shape index (κ1) is 21.1. The van der Waals surface area contributed by atoms with Crippen LogP contribution in [0.4, 0.5) is 0 Å². The summed E-state index contributed by atoms with van der Waals surface area (Å²) in [5.41, 5.74) is 6.86. The summed E-state index contributed by atoms with van der Waals surface area (Å²) < 4.78 is 31.9. The molecule has 1 aliphatic rings. The maximum atomic E-state index is 13.0. The van der Waals surface area contributed by atoms with E-state index in [0.717, 1.165) is 4.31 Å². The zero-order valence-corrected chi connectivity index (χ0v) is 15.7. The van der Waals surface area contributed by atoms with Crippen molar-refractivity contribution in [3.05, 3.63) is 24.3 Å². The van der Waals surface area contributed by atoms with Gasteiger partial charge >= 0.3 is 0 Å². The van der Waals surface area contributed by atoms with Crippen LogP contribution in [0.3, 0.4) is 0 Å². The van der Waals surface area contributed by atoms with Crippen LogP contribution in [-0.2, 0) is 19.6 Å². The zero-order chi connectivity index (χ0) is 20.0. The molecule has 1 aromatic carbocycles. The van der Waals surface area contributed by atoms with E-state index in [1.165, 1.54) is 36.9 Å². The van der Waals surface area contributed by atoms with Crippen molar-refractivity contribution in [2.75, 3.05) is 20.2 Å². The second-order valence-corrected chi connectivity index (χ2v) is 8.03. The van der Waals surface area contributed by atoms with E-state index in [1.54, 1.807) is 0 Å². The molecule has 1 fully saturated rings. The Hall–Kier alpha value is -2.21. The van der Waals surface area contributed by atoms with Crippen LogP contribution in [0.25, 0.3) is 0 Å². The molecule has 10 nitrogen and oxygen atoms in total. The minimum absolute atomic E-state index is 0.0193. The van der Waals surface area contributed by atoms with Gasteiger partial charge in [0, 0.05) is 19.0 Å². The summed E-state index contributed by atoms with van der Waals surface area (Å²) >= 11 is 0. The van der Waals surface area contributed by atoms with Crippen molar-refractivity contribution in [1.82, 2.24) is 15.1 Å². The minimum Gasteiger partial charge on any atom is -0.497 e. The second kappa shape index (κ2) is 9.13.